The van der Waals surface area contributed by atoms with Crippen LogP contribution in [0.25, 0.3) is 22.3 Å². The molecule has 4 amide bonds. The molecule has 1 aliphatic heterocycles. The Morgan fingerprint density at radius 3 is 2.48 bits per heavy atom. The fourth-order valence-corrected chi connectivity index (χ4v) is 8.15. The van der Waals surface area contributed by atoms with E-state index in [-0.39, 0.29) is 31.4 Å². The van der Waals surface area contributed by atoms with E-state index in [9.17, 15) is 29.1 Å². The molecule has 4 N–H and O–H groups in total. The molecule has 3 heterocycles. The number of halogens is 1. The van der Waals surface area contributed by atoms with Crippen LogP contribution >= 0.6 is 27.3 Å². The molecule has 56 heavy (non-hydrogen) atoms. The van der Waals surface area contributed by atoms with Crippen LogP contribution in [0.2, 0.25) is 0 Å². The molecule has 3 fully saturated rings. The number of hydrogen-bond acceptors (Lipinski definition) is 11. The van der Waals surface area contributed by atoms with Gasteiger partial charge >= 0.3 is 12.1 Å². The summed E-state index contributed by atoms with van der Waals surface area (Å²) in [5.74, 6) is -1.82. The van der Waals surface area contributed by atoms with Crippen LogP contribution in [0.5, 0.6) is 11.5 Å². The predicted molar refractivity (Wildman–Crippen MR) is 212 cm³/mol. The van der Waals surface area contributed by atoms with Crippen molar-refractivity contribution < 1.29 is 43.3 Å². The summed E-state index contributed by atoms with van der Waals surface area (Å²) in [4.78, 5) is 77.1. The number of carboxylic acids is 1. The lowest BCUT2D eigenvalue weighted by Crippen LogP contribution is -2.59. The highest BCUT2D eigenvalue weighted by molar-refractivity contribution is 9.10. The van der Waals surface area contributed by atoms with Crippen molar-refractivity contribution in [2.24, 2.45) is 17.3 Å². The van der Waals surface area contributed by atoms with Gasteiger partial charge in [-0.15, -0.1) is 17.9 Å². The first kappa shape index (κ1) is 40.9. The number of benzene rings is 1. The monoisotopic (exact) mass is 854 g/mol. The van der Waals surface area contributed by atoms with Gasteiger partial charge in [-0.3, -0.25) is 19.7 Å². The molecule has 1 aromatic carbocycles. The second-order valence-electron chi connectivity index (χ2n) is 15.9. The van der Waals surface area contributed by atoms with Crippen molar-refractivity contribution in [2.75, 3.05) is 19.0 Å². The van der Waals surface area contributed by atoms with E-state index in [2.05, 4.69) is 43.4 Å². The summed E-state index contributed by atoms with van der Waals surface area (Å²) in [6, 6.07) is 3.15. The number of amides is 4. The van der Waals surface area contributed by atoms with E-state index in [0.717, 1.165) is 12.8 Å². The summed E-state index contributed by atoms with van der Waals surface area (Å²) in [5, 5.41) is 21.0. The number of aromatic nitrogens is 2. The average molecular weight is 856 g/mol. The van der Waals surface area contributed by atoms with Gasteiger partial charge in [0.1, 0.15) is 40.9 Å². The number of nitrogens with one attached hydrogen (secondary N) is 3. The van der Waals surface area contributed by atoms with Crippen LogP contribution in [-0.4, -0.2) is 93.2 Å². The lowest BCUT2D eigenvalue weighted by Gasteiger charge is -2.35. The second-order valence-corrected chi connectivity index (χ2v) is 17.6. The van der Waals surface area contributed by atoms with Gasteiger partial charge in [-0.2, -0.15) is 0 Å². The van der Waals surface area contributed by atoms with Crippen LogP contribution in [0.15, 0.2) is 40.7 Å². The molecule has 3 aromatic rings. The largest absolute Gasteiger partial charge is 0.495 e. The maximum atomic E-state index is 14.5. The maximum absolute atomic E-state index is 14.5. The Bertz CT molecular complexity index is 2060. The molecule has 0 bridgehead atoms. The van der Waals surface area contributed by atoms with Gasteiger partial charge in [0.2, 0.25) is 17.7 Å². The summed E-state index contributed by atoms with van der Waals surface area (Å²) in [7, 11) is 1.53. The molecule has 0 radical (unpaired) electrons. The Balaban J connectivity index is 1.34. The van der Waals surface area contributed by atoms with Crippen molar-refractivity contribution in [1.82, 2.24) is 25.5 Å². The van der Waals surface area contributed by atoms with E-state index < -0.39 is 58.9 Å². The van der Waals surface area contributed by atoms with Crippen LogP contribution in [0.3, 0.4) is 0 Å². The molecule has 0 spiro atoms. The number of nitrogens with zero attached hydrogens (tertiary/aromatic N) is 3. The second kappa shape index (κ2) is 16.0. The lowest BCUT2D eigenvalue weighted by atomic mass is 9.85. The van der Waals surface area contributed by atoms with E-state index >= 15 is 0 Å². The van der Waals surface area contributed by atoms with Crippen LogP contribution < -0.4 is 25.4 Å². The van der Waals surface area contributed by atoms with Crippen LogP contribution in [0, 0.1) is 17.3 Å². The van der Waals surface area contributed by atoms with Crippen LogP contribution in [0.4, 0.5) is 9.93 Å². The van der Waals surface area contributed by atoms with E-state index in [4.69, 9.17) is 19.2 Å². The lowest BCUT2D eigenvalue weighted by molar-refractivity contribution is -0.147. The average Bonchev–Trinajstić information content (AvgIpc) is 3.98. The zero-order valence-electron chi connectivity index (χ0n) is 32.1. The van der Waals surface area contributed by atoms with E-state index in [0.29, 0.717) is 55.7 Å². The standard InChI is InChI=1S/C39H47BrN6O9S/c1-8-21-16-39(21,35(50)51)45-33(48)26-14-22(17-46(26)34(49)32(38(4,5)6)43-29(47)13-20-9-10-20)55-28-15-24(41-31-23(28)11-12-27(53-7)30(31)40)25-18-56-36(42-25)44-37(52)54-19(2)3/h8,11-12,15,18-22,26,32H,1,9-10,13-14,16-17H2,2-7H3,(H,43,47)(H,45,48)(H,50,51)(H,42,44,52)/t21-,22-,26+,32-,39-/m1/s1. The molecule has 3 aliphatic rings. The summed E-state index contributed by atoms with van der Waals surface area (Å²) in [6.07, 6.45) is 2.24. The van der Waals surface area contributed by atoms with Crippen molar-refractivity contribution in [1.29, 1.82) is 0 Å². The Morgan fingerprint density at radius 1 is 1.14 bits per heavy atom. The Labute approximate surface area is 337 Å². The fraction of sp³-hybridized carbons (Fsp3) is 0.513. The molecule has 0 unspecified atom stereocenters. The molecule has 1 saturated heterocycles. The SMILES string of the molecule is C=C[C@@H]1C[C@]1(NC(=O)[C@@H]1C[C@@H](Oc2cc(-c3csc(NC(=O)OC(C)C)n3)nc3c(Br)c(OC)ccc23)CN1C(=O)[C@@H](NC(=O)CC1CC1)C(C)(C)C)C(=O)O. The summed E-state index contributed by atoms with van der Waals surface area (Å²) < 4.78 is 18.0. The smallest absolute Gasteiger partial charge is 0.413 e. The Morgan fingerprint density at radius 2 is 1.88 bits per heavy atom. The number of anilines is 1. The van der Waals surface area contributed by atoms with E-state index in [1.807, 2.05) is 20.8 Å². The Kier molecular flexibility index (Phi) is 11.7. The third-order valence-electron chi connectivity index (χ3n) is 10.1. The third-order valence-corrected chi connectivity index (χ3v) is 11.7. The predicted octanol–water partition coefficient (Wildman–Crippen LogP) is 5.91. The van der Waals surface area contributed by atoms with Gasteiger partial charge < -0.3 is 34.9 Å². The van der Waals surface area contributed by atoms with Crippen molar-refractivity contribution in [3.05, 3.63) is 40.7 Å². The number of fused-ring (bicyclic) bond motifs is 1. The van der Waals surface area contributed by atoms with Crippen molar-refractivity contribution in [2.45, 2.75) is 96.6 Å². The van der Waals surface area contributed by atoms with Gasteiger partial charge in [-0.25, -0.2) is 19.6 Å². The molecule has 17 heteroatoms. The number of carbonyl (C=O) groups excluding carboxylic acids is 4. The number of aliphatic carboxylic acids is 1. The number of methoxy groups -OCH3 is 1. The number of ether oxygens (including phenoxy) is 3. The molecule has 15 nitrogen and oxygen atoms in total. The van der Waals surface area contributed by atoms with Crippen LogP contribution in [0.1, 0.15) is 66.7 Å². The molecular formula is C39H47BrN6O9S. The van der Waals surface area contributed by atoms with Gasteiger partial charge in [0.15, 0.2) is 5.13 Å². The summed E-state index contributed by atoms with van der Waals surface area (Å²) >= 11 is 4.80. The highest BCUT2D eigenvalue weighted by atomic mass is 79.9. The zero-order valence-corrected chi connectivity index (χ0v) is 34.5. The number of likely N-dealkylation sites (tertiary alicyclic amines) is 1. The number of rotatable bonds is 14. The summed E-state index contributed by atoms with van der Waals surface area (Å²) in [6.45, 7) is 12.7. The highest BCUT2D eigenvalue weighted by Crippen LogP contribution is 2.45. The first-order chi connectivity index (χ1) is 26.4. The van der Waals surface area contributed by atoms with E-state index in [1.165, 1.54) is 29.4 Å². The number of carboxylic acid groups (broad SMARTS) is 1. The molecule has 300 valence electrons. The minimum Gasteiger partial charge on any atom is -0.495 e. The Hall–Kier alpha value is -4.77. The minimum absolute atomic E-state index is 0.0259. The molecular weight excluding hydrogens is 808 g/mol. The number of pyridine rings is 1. The first-order valence-corrected chi connectivity index (χ1v) is 20.2. The highest BCUT2D eigenvalue weighted by Gasteiger charge is 2.61. The number of carbonyl (C=O) groups is 5. The van der Waals surface area contributed by atoms with Crippen molar-refractivity contribution >= 4 is 73.1 Å². The zero-order chi connectivity index (χ0) is 40.7. The summed E-state index contributed by atoms with van der Waals surface area (Å²) in [5.41, 5.74) is -0.925. The minimum atomic E-state index is -1.53. The molecule has 2 saturated carbocycles. The maximum Gasteiger partial charge on any atom is 0.413 e. The number of hydrogen-bond donors (Lipinski definition) is 4. The molecule has 2 aromatic heterocycles. The van der Waals surface area contributed by atoms with E-state index in [1.54, 1.807) is 37.4 Å². The van der Waals surface area contributed by atoms with Gasteiger partial charge in [0, 0.05) is 35.6 Å². The first-order valence-electron chi connectivity index (χ1n) is 18.5. The molecule has 6 rings (SSSR count). The number of thiazole rings is 1. The third kappa shape index (κ3) is 8.78. The van der Waals surface area contributed by atoms with Crippen LogP contribution in [-0.2, 0) is 23.9 Å². The normalized spacial score (nSPS) is 22.3. The topological polar surface area (TPSA) is 198 Å². The molecule has 5 atom stereocenters. The van der Waals surface area contributed by atoms with Crippen molar-refractivity contribution in [3.8, 4) is 22.9 Å². The van der Waals surface area contributed by atoms with Gasteiger partial charge in [0.05, 0.1) is 35.4 Å². The quantitative estimate of drug-likeness (QED) is 0.141. The van der Waals surface area contributed by atoms with Crippen molar-refractivity contribution in [3.63, 3.8) is 0 Å². The van der Waals surface area contributed by atoms with Gasteiger partial charge in [-0.05, 0) is 72.5 Å². The van der Waals surface area contributed by atoms with Gasteiger partial charge in [0.25, 0.3) is 0 Å². The van der Waals surface area contributed by atoms with Gasteiger partial charge in [-0.1, -0.05) is 26.8 Å². The fourth-order valence-electron chi connectivity index (χ4n) is 6.87. The molecule has 2 aliphatic carbocycles.